The number of nitrogens with one attached hydrogen (secondary N) is 2. The molecule has 0 heterocycles. The molecule has 2 amide bonds. The van der Waals surface area contributed by atoms with E-state index in [0.717, 1.165) is 12.1 Å². The molecule has 0 saturated carbocycles. The molecule has 0 atom stereocenters. The van der Waals surface area contributed by atoms with Gasteiger partial charge in [0.2, 0.25) is 5.91 Å². The van der Waals surface area contributed by atoms with Crippen molar-refractivity contribution in [2.45, 2.75) is 39.2 Å². The van der Waals surface area contributed by atoms with Crippen LogP contribution in [0.25, 0.3) is 0 Å². The van der Waals surface area contributed by atoms with Crippen LogP contribution in [0.4, 0.5) is 19.3 Å². The van der Waals surface area contributed by atoms with Crippen LogP contribution in [-0.4, -0.2) is 24.1 Å². The van der Waals surface area contributed by atoms with E-state index in [1.54, 1.807) is 20.8 Å². The summed E-state index contributed by atoms with van der Waals surface area (Å²) in [7, 11) is 0. The van der Waals surface area contributed by atoms with Gasteiger partial charge >= 0.3 is 6.09 Å². The van der Waals surface area contributed by atoms with Crippen LogP contribution in [0, 0.1) is 11.6 Å². The lowest BCUT2D eigenvalue weighted by molar-refractivity contribution is -0.116. The highest BCUT2D eigenvalue weighted by Gasteiger charge is 2.15. The van der Waals surface area contributed by atoms with E-state index in [-0.39, 0.29) is 18.7 Å². The van der Waals surface area contributed by atoms with E-state index in [4.69, 9.17) is 4.74 Å². The molecule has 1 rings (SSSR count). The van der Waals surface area contributed by atoms with E-state index in [1.807, 2.05) is 0 Å². The summed E-state index contributed by atoms with van der Waals surface area (Å²) >= 11 is 0. The van der Waals surface area contributed by atoms with Crippen LogP contribution >= 0.6 is 0 Å². The Kier molecular flexibility index (Phi) is 6.27. The molecular weight excluding hydrogens is 294 g/mol. The fraction of sp³-hybridized carbons (Fsp3) is 0.467. The number of amides is 2. The molecule has 0 bridgehead atoms. The maximum atomic E-state index is 13.3. The van der Waals surface area contributed by atoms with Crippen LogP contribution < -0.4 is 10.6 Å². The summed E-state index contributed by atoms with van der Waals surface area (Å²) < 4.78 is 31.1. The van der Waals surface area contributed by atoms with Crippen LogP contribution in [0.3, 0.4) is 0 Å². The van der Waals surface area contributed by atoms with Crippen LogP contribution in [0.1, 0.15) is 33.6 Å². The van der Waals surface area contributed by atoms with Crippen molar-refractivity contribution in [2.24, 2.45) is 0 Å². The summed E-state index contributed by atoms with van der Waals surface area (Å²) in [6.07, 6.45) is -0.0990. The second-order valence-corrected chi connectivity index (χ2v) is 5.70. The molecule has 0 aliphatic carbocycles. The summed E-state index contributed by atoms with van der Waals surface area (Å²) in [5.41, 5.74) is -0.659. The van der Waals surface area contributed by atoms with Crippen molar-refractivity contribution < 1.29 is 23.1 Å². The number of anilines is 1. The van der Waals surface area contributed by atoms with Gasteiger partial charge in [-0.1, -0.05) is 0 Å². The molecule has 0 aliphatic rings. The molecule has 0 spiro atoms. The molecule has 1 aromatic rings. The van der Waals surface area contributed by atoms with Crippen molar-refractivity contribution in [3.63, 3.8) is 0 Å². The van der Waals surface area contributed by atoms with E-state index in [2.05, 4.69) is 10.6 Å². The van der Waals surface area contributed by atoms with E-state index in [9.17, 15) is 18.4 Å². The minimum atomic E-state index is -0.833. The number of carbonyl (C=O) groups excluding carboxylic acids is 2. The highest BCUT2D eigenvalue weighted by Crippen LogP contribution is 2.15. The first-order valence-electron chi connectivity index (χ1n) is 6.89. The summed E-state index contributed by atoms with van der Waals surface area (Å²) in [5.74, 6) is -1.96. The second-order valence-electron chi connectivity index (χ2n) is 5.70. The van der Waals surface area contributed by atoms with E-state index in [0.29, 0.717) is 12.5 Å². The minimum Gasteiger partial charge on any atom is -0.444 e. The molecule has 0 fully saturated rings. The average molecular weight is 314 g/mol. The van der Waals surface area contributed by atoms with Crippen molar-refractivity contribution in [2.75, 3.05) is 11.9 Å². The number of rotatable bonds is 5. The van der Waals surface area contributed by atoms with Crippen LogP contribution in [0.2, 0.25) is 0 Å². The molecule has 122 valence electrons. The van der Waals surface area contributed by atoms with Gasteiger partial charge in [-0.05, 0) is 39.3 Å². The standard InChI is InChI=1S/C15H20F2N2O3/c1-15(2,3)22-14(21)18-8-4-5-13(20)19-12-7-6-10(16)9-11(12)17/h6-7,9H,4-5,8H2,1-3H3,(H,18,21)(H,19,20). The number of alkyl carbamates (subject to hydrolysis) is 1. The van der Waals surface area contributed by atoms with Crippen molar-refractivity contribution in [1.29, 1.82) is 0 Å². The Morgan fingerprint density at radius 1 is 1.23 bits per heavy atom. The second kappa shape index (κ2) is 7.72. The number of ether oxygens (including phenoxy) is 1. The first-order valence-corrected chi connectivity index (χ1v) is 6.89. The molecule has 22 heavy (non-hydrogen) atoms. The molecule has 0 unspecified atom stereocenters. The van der Waals surface area contributed by atoms with E-state index in [1.165, 1.54) is 0 Å². The average Bonchev–Trinajstić information content (AvgIpc) is 2.36. The Morgan fingerprint density at radius 2 is 1.91 bits per heavy atom. The number of hydrogen-bond acceptors (Lipinski definition) is 3. The number of carbonyl (C=O) groups is 2. The van der Waals surface area contributed by atoms with Crippen LogP contribution in [0.5, 0.6) is 0 Å². The van der Waals surface area contributed by atoms with Crippen molar-refractivity contribution in [3.8, 4) is 0 Å². The normalized spacial score (nSPS) is 11.0. The minimum absolute atomic E-state index is 0.0773. The van der Waals surface area contributed by atoms with Gasteiger partial charge in [-0.25, -0.2) is 13.6 Å². The lowest BCUT2D eigenvalue weighted by Gasteiger charge is -2.19. The number of hydrogen-bond donors (Lipinski definition) is 2. The molecule has 0 saturated heterocycles. The summed E-state index contributed by atoms with van der Waals surface area (Å²) in [4.78, 5) is 23.0. The van der Waals surface area contributed by atoms with Gasteiger partial charge in [0.1, 0.15) is 17.2 Å². The fourth-order valence-electron chi connectivity index (χ4n) is 1.56. The number of halogens is 2. The van der Waals surface area contributed by atoms with Gasteiger partial charge in [0, 0.05) is 19.0 Å². The largest absolute Gasteiger partial charge is 0.444 e. The van der Waals surface area contributed by atoms with Crippen LogP contribution in [0.15, 0.2) is 18.2 Å². The van der Waals surface area contributed by atoms with Crippen molar-refractivity contribution in [3.05, 3.63) is 29.8 Å². The first-order chi connectivity index (χ1) is 10.2. The smallest absolute Gasteiger partial charge is 0.407 e. The summed E-state index contributed by atoms with van der Waals surface area (Å²) in [6.45, 7) is 5.50. The Balaban J connectivity index is 2.28. The lowest BCUT2D eigenvalue weighted by atomic mass is 10.2. The van der Waals surface area contributed by atoms with E-state index < -0.39 is 29.2 Å². The fourth-order valence-corrected chi connectivity index (χ4v) is 1.56. The highest BCUT2D eigenvalue weighted by molar-refractivity contribution is 5.90. The topological polar surface area (TPSA) is 67.4 Å². The maximum absolute atomic E-state index is 13.3. The third kappa shape index (κ3) is 7.01. The molecule has 7 heteroatoms. The molecule has 2 N–H and O–H groups in total. The van der Waals surface area contributed by atoms with Gasteiger partial charge in [-0.2, -0.15) is 0 Å². The molecule has 1 aromatic carbocycles. The summed E-state index contributed by atoms with van der Waals surface area (Å²) in [5, 5.41) is 4.85. The predicted molar refractivity (Wildman–Crippen MR) is 78.5 cm³/mol. The van der Waals surface area contributed by atoms with Gasteiger partial charge < -0.3 is 15.4 Å². The number of benzene rings is 1. The van der Waals surface area contributed by atoms with Crippen molar-refractivity contribution >= 4 is 17.7 Å². The van der Waals surface area contributed by atoms with Gasteiger partial charge in [-0.3, -0.25) is 4.79 Å². The highest BCUT2D eigenvalue weighted by atomic mass is 19.1. The molecule has 5 nitrogen and oxygen atoms in total. The van der Waals surface area contributed by atoms with Gasteiger partial charge in [-0.15, -0.1) is 0 Å². The Bertz CT molecular complexity index is 542. The molecule has 0 aromatic heterocycles. The molecular formula is C15H20F2N2O3. The third-order valence-electron chi connectivity index (χ3n) is 2.45. The molecule has 0 radical (unpaired) electrons. The van der Waals surface area contributed by atoms with E-state index >= 15 is 0 Å². The lowest BCUT2D eigenvalue weighted by Crippen LogP contribution is -2.33. The van der Waals surface area contributed by atoms with Gasteiger partial charge in [0.05, 0.1) is 5.69 Å². The molecule has 0 aliphatic heterocycles. The monoisotopic (exact) mass is 314 g/mol. The first kappa shape index (κ1) is 17.9. The zero-order valence-electron chi connectivity index (χ0n) is 12.8. The third-order valence-corrected chi connectivity index (χ3v) is 2.45. The van der Waals surface area contributed by atoms with Gasteiger partial charge in [0.25, 0.3) is 0 Å². The Labute approximate surface area is 128 Å². The quantitative estimate of drug-likeness (QED) is 0.820. The maximum Gasteiger partial charge on any atom is 0.407 e. The van der Waals surface area contributed by atoms with Gasteiger partial charge in [0.15, 0.2) is 0 Å². The predicted octanol–water partition coefficient (Wildman–Crippen LogP) is 3.21. The SMILES string of the molecule is CC(C)(C)OC(=O)NCCCC(=O)Nc1ccc(F)cc1F. The zero-order valence-corrected chi connectivity index (χ0v) is 12.8. The summed E-state index contributed by atoms with van der Waals surface area (Å²) in [6, 6.07) is 2.91. The Hall–Kier alpha value is -2.18. The Morgan fingerprint density at radius 3 is 2.50 bits per heavy atom. The van der Waals surface area contributed by atoms with Crippen molar-refractivity contribution in [1.82, 2.24) is 5.32 Å². The zero-order chi connectivity index (χ0) is 16.8. The van der Waals surface area contributed by atoms with Crippen LogP contribution in [-0.2, 0) is 9.53 Å².